The highest BCUT2D eigenvalue weighted by atomic mass is 16.5. The first kappa shape index (κ1) is 35.7. The lowest BCUT2D eigenvalue weighted by Gasteiger charge is -2.11. The van der Waals surface area contributed by atoms with Gasteiger partial charge in [0.1, 0.15) is 18.9 Å². The number of aryl methyl sites for hydroxylation is 2. The molecule has 2 aliphatic rings. The number of hydrogen-bond acceptors (Lipinski definition) is 11. The summed E-state index contributed by atoms with van der Waals surface area (Å²) in [6, 6.07) is 20.1. The van der Waals surface area contributed by atoms with Crippen molar-refractivity contribution in [2.45, 2.75) is 58.7 Å². The van der Waals surface area contributed by atoms with Gasteiger partial charge in [0.25, 0.3) is 0 Å². The molecule has 2 aliphatic carbocycles. The molecular weight excluding hydrogens is 676 g/mol. The van der Waals surface area contributed by atoms with Crippen LogP contribution in [0.5, 0.6) is 11.8 Å². The predicted octanol–water partition coefficient (Wildman–Crippen LogP) is 5.62. The standard InChI is InChI=1S/C21H23N3O4.C19H19N3O3/c1-2-27-20(25)17-13-24-18-10-6-9-16(18)19(23-21(24)22-17)28-12-11-26-14-15-7-4-3-5-8-15;23-12-15-11-22-17-8-4-7-16(17)18(21-19(22)20-15)25-10-9-24-13-14-5-2-1-3-6-14/h3-5,7-8,13H,2,6,9-12,14H2,1H3;1-3,5-6,11-12H,4,7-10,13H2. The van der Waals surface area contributed by atoms with Gasteiger partial charge in [0.15, 0.2) is 12.0 Å². The second-order valence-electron chi connectivity index (χ2n) is 12.6. The van der Waals surface area contributed by atoms with Crippen LogP contribution in [0.4, 0.5) is 0 Å². The van der Waals surface area contributed by atoms with Crippen molar-refractivity contribution in [3.8, 4) is 11.8 Å². The minimum absolute atomic E-state index is 0.270. The van der Waals surface area contributed by atoms with Crippen LogP contribution >= 0.6 is 0 Å². The number of ether oxygens (including phenoxy) is 5. The third-order valence-corrected chi connectivity index (χ3v) is 9.03. The summed E-state index contributed by atoms with van der Waals surface area (Å²) in [6.45, 7) is 5.02. The fraction of sp³-hybridized carbons (Fsp3) is 0.350. The van der Waals surface area contributed by atoms with E-state index >= 15 is 0 Å². The van der Waals surface area contributed by atoms with Crippen LogP contribution in [0.1, 0.15) is 74.4 Å². The Morgan fingerprint density at radius 2 is 1.21 bits per heavy atom. The lowest BCUT2D eigenvalue weighted by atomic mass is 10.2. The van der Waals surface area contributed by atoms with Crippen molar-refractivity contribution >= 4 is 23.8 Å². The average molecular weight is 719 g/mol. The van der Waals surface area contributed by atoms with Crippen molar-refractivity contribution in [1.29, 1.82) is 0 Å². The van der Waals surface area contributed by atoms with E-state index in [0.717, 1.165) is 78.5 Å². The molecule has 2 aromatic carbocycles. The Morgan fingerprint density at radius 3 is 1.74 bits per heavy atom. The maximum atomic E-state index is 12.0. The van der Waals surface area contributed by atoms with E-state index in [9.17, 15) is 9.59 Å². The molecule has 0 aliphatic heterocycles. The zero-order valence-electron chi connectivity index (χ0n) is 29.7. The summed E-state index contributed by atoms with van der Waals surface area (Å²) >= 11 is 0. The van der Waals surface area contributed by atoms with Gasteiger partial charge in [-0.1, -0.05) is 60.7 Å². The molecule has 4 aromatic heterocycles. The van der Waals surface area contributed by atoms with Crippen LogP contribution in [0, 0.1) is 0 Å². The molecule has 0 unspecified atom stereocenters. The summed E-state index contributed by atoms with van der Waals surface area (Å²) in [4.78, 5) is 40.5. The van der Waals surface area contributed by atoms with Crippen LogP contribution in [0.25, 0.3) is 11.6 Å². The van der Waals surface area contributed by atoms with Gasteiger partial charge in [0, 0.05) is 34.9 Å². The van der Waals surface area contributed by atoms with Crippen molar-refractivity contribution in [2.24, 2.45) is 0 Å². The summed E-state index contributed by atoms with van der Waals surface area (Å²) in [7, 11) is 0. The van der Waals surface area contributed by atoms with Crippen LogP contribution in [0.3, 0.4) is 0 Å². The molecule has 0 fully saturated rings. The van der Waals surface area contributed by atoms with Gasteiger partial charge in [0.2, 0.25) is 23.3 Å². The van der Waals surface area contributed by atoms with E-state index in [4.69, 9.17) is 23.7 Å². The van der Waals surface area contributed by atoms with Crippen LogP contribution in [-0.2, 0) is 53.1 Å². The normalized spacial score (nSPS) is 13.0. The highest BCUT2D eigenvalue weighted by molar-refractivity contribution is 5.87. The monoisotopic (exact) mass is 718 g/mol. The van der Waals surface area contributed by atoms with Gasteiger partial charge in [0.05, 0.1) is 33.0 Å². The van der Waals surface area contributed by atoms with E-state index in [1.54, 1.807) is 19.3 Å². The van der Waals surface area contributed by atoms with Crippen molar-refractivity contribution in [3.05, 3.63) is 118 Å². The van der Waals surface area contributed by atoms with Gasteiger partial charge in [-0.05, 0) is 56.6 Å². The number of esters is 1. The van der Waals surface area contributed by atoms with Crippen molar-refractivity contribution in [1.82, 2.24) is 28.7 Å². The van der Waals surface area contributed by atoms with Gasteiger partial charge >= 0.3 is 5.97 Å². The predicted molar refractivity (Wildman–Crippen MR) is 195 cm³/mol. The molecule has 0 spiro atoms. The summed E-state index contributed by atoms with van der Waals surface area (Å²) in [5, 5.41) is 0. The average Bonchev–Trinajstić information content (AvgIpc) is 4.01. The topological polar surface area (TPSA) is 141 Å². The third kappa shape index (κ3) is 8.53. The Balaban J connectivity index is 0.000000165. The number of hydrogen-bond donors (Lipinski definition) is 0. The van der Waals surface area contributed by atoms with Gasteiger partial charge in [-0.15, -0.1) is 0 Å². The molecule has 6 aromatic rings. The lowest BCUT2D eigenvalue weighted by molar-refractivity contribution is 0.0520. The number of imidazole rings is 2. The molecule has 8 rings (SSSR count). The van der Waals surface area contributed by atoms with Crippen LogP contribution in [0.15, 0.2) is 73.1 Å². The quantitative estimate of drug-likeness (QED) is 0.0743. The van der Waals surface area contributed by atoms with E-state index in [-0.39, 0.29) is 5.69 Å². The largest absolute Gasteiger partial charge is 0.475 e. The van der Waals surface area contributed by atoms with Crippen LogP contribution in [-0.4, -0.2) is 74.0 Å². The SMILES string of the molecule is CCOC(=O)c1cn2c3c(c(OCCOCc4ccccc4)nc2n1)CCC3.O=Cc1cn2c3c(c(OCCOCc4ccccc4)nc2n1)CCC3. The maximum Gasteiger partial charge on any atom is 0.358 e. The minimum atomic E-state index is -0.434. The van der Waals surface area contributed by atoms with Gasteiger partial charge in [-0.2, -0.15) is 9.97 Å². The maximum absolute atomic E-state index is 12.0. The lowest BCUT2D eigenvalue weighted by Crippen LogP contribution is -2.10. The molecule has 13 heteroatoms. The highest BCUT2D eigenvalue weighted by Gasteiger charge is 2.24. The molecule has 13 nitrogen and oxygen atoms in total. The van der Waals surface area contributed by atoms with E-state index in [1.807, 2.05) is 69.5 Å². The van der Waals surface area contributed by atoms with Gasteiger partial charge in [-0.25, -0.2) is 14.8 Å². The van der Waals surface area contributed by atoms with Crippen molar-refractivity contribution in [2.75, 3.05) is 33.0 Å². The Labute approximate surface area is 306 Å². The smallest absolute Gasteiger partial charge is 0.358 e. The van der Waals surface area contributed by atoms with Gasteiger partial charge < -0.3 is 23.7 Å². The number of aromatic nitrogens is 6. The molecule has 0 saturated carbocycles. The second kappa shape index (κ2) is 17.2. The van der Waals surface area contributed by atoms with E-state index in [2.05, 4.69) is 19.9 Å². The molecule has 0 bridgehead atoms. The van der Waals surface area contributed by atoms with Crippen molar-refractivity contribution in [3.63, 3.8) is 0 Å². The molecule has 53 heavy (non-hydrogen) atoms. The van der Waals surface area contributed by atoms with E-state index in [0.29, 0.717) is 75.3 Å². The Kier molecular flexibility index (Phi) is 11.6. The Bertz CT molecular complexity index is 2170. The molecule has 0 amide bonds. The fourth-order valence-electron chi connectivity index (χ4n) is 6.60. The zero-order chi connectivity index (χ0) is 36.4. The molecule has 0 saturated heterocycles. The molecule has 0 atom stereocenters. The van der Waals surface area contributed by atoms with Gasteiger partial charge in [-0.3, -0.25) is 13.6 Å². The summed E-state index contributed by atoms with van der Waals surface area (Å²) in [6.07, 6.45) is 9.99. The minimum Gasteiger partial charge on any atom is -0.475 e. The van der Waals surface area contributed by atoms with Crippen LogP contribution in [0.2, 0.25) is 0 Å². The molecular formula is C40H42N6O7. The number of nitrogens with zero attached hydrogens (tertiary/aromatic N) is 6. The summed E-state index contributed by atoms with van der Waals surface area (Å²) in [5.41, 5.74) is 7.39. The number of aldehydes is 1. The van der Waals surface area contributed by atoms with Crippen molar-refractivity contribution < 1.29 is 33.3 Å². The summed E-state index contributed by atoms with van der Waals surface area (Å²) < 4.78 is 31.9. The van der Waals surface area contributed by atoms with E-state index in [1.165, 1.54) is 0 Å². The highest BCUT2D eigenvalue weighted by Crippen LogP contribution is 2.31. The second-order valence-corrected chi connectivity index (χ2v) is 12.6. The third-order valence-electron chi connectivity index (χ3n) is 9.03. The first-order valence-corrected chi connectivity index (χ1v) is 18.0. The number of rotatable bonds is 15. The molecule has 0 N–H and O–H groups in total. The molecule has 274 valence electrons. The number of fused-ring (bicyclic) bond motifs is 6. The molecule has 4 heterocycles. The molecule has 0 radical (unpaired) electrons. The summed E-state index contributed by atoms with van der Waals surface area (Å²) in [5.74, 6) is 1.75. The Hall–Kier alpha value is -5.66. The first-order valence-electron chi connectivity index (χ1n) is 18.0. The fourth-order valence-corrected chi connectivity index (χ4v) is 6.60. The Morgan fingerprint density at radius 1 is 0.679 bits per heavy atom. The number of carbonyl (C=O) groups is 2. The van der Waals surface area contributed by atoms with Crippen LogP contribution < -0.4 is 9.47 Å². The van der Waals surface area contributed by atoms with E-state index < -0.39 is 5.97 Å². The number of benzene rings is 2. The first-order chi connectivity index (χ1) is 26.1. The number of carbonyl (C=O) groups excluding carboxylic acids is 2. The zero-order valence-corrected chi connectivity index (χ0v) is 29.7.